The number of hydrogen-bond donors (Lipinski definition) is 1. The number of hydrogen-bond acceptors (Lipinski definition) is 3. The molecule has 1 heterocycles. The number of aromatic nitrogens is 1. The van der Waals surface area contributed by atoms with Crippen LogP contribution < -0.4 is 10.5 Å². The highest BCUT2D eigenvalue weighted by molar-refractivity contribution is 6.30. The number of pyridine rings is 1. The normalized spacial score (nSPS) is 10.6. The van der Waals surface area contributed by atoms with Crippen LogP contribution in [0.1, 0.15) is 0 Å². The van der Waals surface area contributed by atoms with Gasteiger partial charge in [-0.2, -0.15) is 0 Å². The lowest BCUT2D eigenvalue weighted by Crippen LogP contribution is -1.94. The molecule has 4 heteroatoms. The zero-order valence-electron chi connectivity index (χ0n) is 10.0. The van der Waals surface area contributed by atoms with Crippen LogP contribution in [0.2, 0.25) is 5.02 Å². The maximum absolute atomic E-state index is 6.11. The Bertz CT molecular complexity index is 743. The minimum atomic E-state index is 0.575. The average molecular weight is 271 g/mol. The third kappa shape index (κ3) is 2.33. The van der Waals surface area contributed by atoms with Gasteiger partial charge in [0.25, 0.3) is 0 Å². The first-order valence-corrected chi connectivity index (χ1v) is 6.18. The first kappa shape index (κ1) is 11.8. The predicted octanol–water partition coefficient (Wildman–Crippen LogP) is 4.26. The molecule has 0 atom stereocenters. The molecule has 0 amide bonds. The minimum absolute atomic E-state index is 0.575. The van der Waals surface area contributed by atoms with Crippen molar-refractivity contribution in [3.05, 3.63) is 59.8 Å². The van der Waals surface area contributed by atoms with E-state index in [-0.39, 0.29) is 0 Å². The maximum atomic E-state index is 6.11. The molecule has 0 saturated carbocycles. The number of ether oxygens (including phenoxy) is 1. The largest absolute Gasteiger partial charge is 0.455 e. The van der Waals surface area contributed by atoms with E-state index in [0.717, 1.165) is 10.9 Å². The Kier molecular flexibility index (Phi) is 2.97. The van der Waals surface area contributed by atoms with Crippen LogP contribution in [-0.4, -0.2) is 4.98 Å². The molecule has 0 bridgehead atoms. The summed E-state index contributed by atoms with van der Waals surface area (Å²) in [6.45, 7) is 0. The third-order valence-corrected chi connectivity index (χ3v) is 3.05. The number of nitrogens with two attached hydrogens (primary N) is 1. The van der Waals surface area contributed by atoms with Gasteiger partial charge < -0.3 is 10.5 Å². The van der Waals surface area contributed by atoms with Gasteiger partial charge in [0, 0.05) is 16.6 Å². The van der Waals surface area contributed by atoms with Gasteiger partial charge in [0.05, 0.1) is 11.2 Å². The van der Waals surface area contributed by atoms with E-state index in [9.17, 15) is 0 Å². The molecule has 0 spiro atoms. The van der Waals surface area contributed by atoms with Crippen LogP contribution in [0.25, 0.3) is 10.9 Å². The highest BCUT2D eigenvalue weighted by Crippen LogP contribution is 2.33. The first-order valence-electron chi connectivity index (χ1n) is 5.81. The Morgan fingerprint density at radius 1 is 1.05 bits per heavy atom. The van der Waals surface area contributed by atoms with E-state index in [1.54, 1.807) is 18.3 Å². The summed E-state index contributed by atoms with van der Waals surface area (Å²) in [6, 6.07) is 14.7. The van der Waals surface area contributed by atoms with E-state index in [1.807, 2.05) is 36.4 Å². The van der Waals surface area contributed by atoms with Crippen LogP contribution in [0.3, 0.4) is 0 Å². The van der Waals surface area contributed by atoms with Crippen molar-refractivity contribution in [1.82, 2.24) is 4.98 Å². The van der Waals surface area contributed by atoms with Gasteiger partial charge >= 0.3 is 0 Å². The van der Waals surface area contributed by atoms with Gasteiger partial charge in [-0.05, 0) is 42.5 Å². The van der Waals surface area contributed by atoms with Crippen molar-refractivity contribution < 1.29 is 4.74 Å². The zero-order valence-corrected chi connectivity index (χ0v) is 10.8. The topological polar surface area (TPSA) is 48.1 Å². The highest BCUT2D eigenvalue weighted by atomic mass is 35.5. The van der Waals surface area contributed by atoms with E-state index in [4.69, 9.17) is 22.1 Å². The summed E-state index contributed by atoms with van der Waals surface area (Å²) in [7, 11) is 0. The molecule has 2 aromatic carbocycles. The van der Waals surface area contributed by atoms with E-state index < -0.39 is 0 Å². The average Bonchev–Trinajstić information content (AvgIpc) is 2.42. The highest BCUT2D eigenvalue weighted by Gasteiger charge is 2.07. The number of nitrogen functional groups attached to an aromatic ring is 1. The molecule has 94 valence electrons. The van der Waals surface area contributed by atoms with E-state index in [0.29, 0.717) is 22.2 Å². The molecular weight excluding hydrogens is 260 g/mol. The van der Waals surface area contributed by atoms with Gasteiger partial charge in [0.2, 0.25) is 0 Å². The Hall–Kier alpha value is -2.26. The number of anilines is 1. The molecule has 0 aliphatic rings. The molecule has 3 aromatic rings. The number of halogens is 1. The fraction of sp³-hybridized carbons (Fsp3) is 0. The standard InChI is InChI=1S/C15H11ClN2O/c16-10-3-1-4-11(9-10)19-14-7-6-13-12(15(14)17)5-2-8-18-13/h1-9H,17H2. The van der Waals surface area contributed by atoms with E-state index in [1.165, 1.54) is 0 Å². The van der Waals surface area contributed by atoms with Gasteiger partial charge in [-0.3, -0.25) is 4.98 Å². The van der Waals surface area contributed by atoms with Crippen molar-refractivity contribution in [3.63, 3.8) is 0 Å². The second-order valence-electron chi connectivity index (χ2n) is 4.11. The SMILES string of the molecule is Nc1c(Oc2cccc(Cl)c2)ccc2ncccc12. The Morgan fingerprint density at radius 2 is 1.95 bits per heavy atom. The van der Waals surface area contributed by atoms with Crippen LogP contribution in [-0.2, 0) is 0 Å². The fourth-order valence-corrected chi connectivity index (χ4v) is 2.08. The Morgan fingerprint density at radius 3 is 2.79 bits per heavy atom. The molecular formula is C15H11ClN2O. The van der Waals surface area contributed by atoms with Gasteiger partial charge in [0.15, 0.2) is 5.75 Å². The summed E-state index contributed by atoms with van der Waals surface area (Å²) >= 11 is 5.92. The molecule has 0 unspecified atom stereocenters. The molecule has 0 aliphatic carbocycles. The lowest BCUT2D eigenvalue weighted by atomic mass is 10.1. The number of fused-ring (bicyclic) bond motifs is 1. The quantitative estimate of drug-likeness (QED) is 0.708. The van der Waals surface area contributed by atoms with Crippen LogP contribution in [0.5, 0.6) is 11.5 Å². The van der Waals surface area contributed by atoms with Crippen molar-refractivity contribution in [2.24, 2.45) is 0 Å². The summed E-state index contributed by atoms with van der Waals surface area (Å²) in [5.41, 5.74) is 7.53. The summed E-state index contributed by atoms with van der Waals surface area (Å²) in [5, 5.41) is 1.50. The fourth-order valence-electron chi connectivity index (χ4n) is 1.90. The van der Waals surface area contributed by atoms with Crippen molar-refractivity contribution in [2.45, 2.75) is 0 Å². The summed E-state index contributed by atoms with van der Waals surface area (Å²) in [4.78, 5) is 4.25. The van der Waals surface area contributed by atoms with Gasteiger partial charge in [-0.1, -0.05) is 17.7 Å². The molecule has 0 aliphatic heterocycles. The van der Waals surface area contributed by atoms with Crippen molar-refractivity contribution in [2.75, 3.05) is 5.73 Å². The van der Waals surface area contributed by atoms with Crippen molar-refractivity contribution in [1.29, 1.82) is 0 Å². The van der Waals surface area contributed by atoms with Gasteiger partial charge in [-0.25, -0.2) is 0 Å². The van der Waals surface area contributed by atoms with Crippen LogP contribution in [0.15, 0.2) is 54.7 Å². The Balaban J connectivity index is 2.04. The van der Waals surface area contributed by atoms with E-state index in [2.05, 4.69) is 4.98 Å². The first-order chi connectivity index (χ1) is 9.24. The zero-order chi connectivity index (χ0) is 13.2. The molecule has 2 N–H and O–H groups in total. The number of rotatable bonds is 2. The van der Waals surface area contributed by atoms with Gasteiger partial charge in [-0.15, -0.1) is 0 Å². The molecule has 0 saturated heterocycles. The lowest BCUT2D eigenvalue weighted by molar-refractivity contribution is 0.486. The number of nitrogens with zero attached hydrogens (tertiary/aromatic N) is 1. The molecule has 3 nitrogen and oxygen atoms in total. The second-order valence-corrected chi connectivity index (χ2v) is 4.54. The molecule has 0 fully saturated rings. The monoisotopic (exact) mass is 270 g/mol. The maximum Gasteiger partial charge on any atom is 0.151 e. The predicted molar refractivity (Wildman–Crippen MR) is 77.7 cm³/mol. The van der Waals surface area contributed by atoms with Crippen LogP contribution in [0, 0.1) is 0 Å². The summed E-state index contributed by atoms with van der Waals surface area (Å²) in [6.07, 6.45) is 1.74. The second kappa shape index (κ2) is 4.78. The summed E-state index contributed by atoms with van der Waals surface area (Å²) in [5.74, 6) is 1.25. The van der Waals surface area contributed by atoms with Gasteiger partial charge in [0.1, 0.15) is 5.75 Å². The van der Waals surface area contributed by atoms with Crippen molar-refractivity contribution in [3.8, 4) is 11.5 Å². The lowest BCUT2D eigenvalue weighted by Gasteiger charge is -2.10. The molecule has 3 rings (SSSR count). The van der Waals surface area contributed by atoms with Crippen LogP contribution >= 0.6 is 11.6 Å². The smallest absolute Gasteiger partial charge is 0.151 e. The van der Waals surface area contributed by atoms with Crippen LogP contribution in [0.4, 0.5) is 5.69 Å². The molecule has 1 aromatic heterocycles. The third-order valence-electron chi connectivity index (χ3n) is 2.81. The molecule has 19 heavy (non-hydrogen) atoms. The molecule has 0 radical (unpaired) electrons. The summed E-state index contributed by atoms with van der Waals surface area (Å²) < 4.78 is 5.76. The number of benzene rings is 2. The Labute approximate surface area is 115 Å². The van der Waals surface area contributed by atoms with E-state index >= 15 is 0 Å². The minimum Gasteiger partial charge on any atom is -0.455 e. The van der Waals surface area contributed by atoms with Crippen molar-refractivity contribution >= 4 is 28.2 Å².